The second-order valence-electron chi connectivity index (χ2n) is 7.07. The van der Waals surface area contributed by atoms with Gasteiger partial charge in [0.2, 0.25) is 11.0 Å². The molecular formula is C20H20N4O2S2. The zero-order valence-corrected chi connectivity index (χ0v) is 17.2. The van der Waals surface area contributed by atoms with Gasteiger partial charge in [0.1, 0.15) is 5.01 Å². The van der Waals surface area contributed by atoms with E-state index < -0.39 is 0 Å². The van der Waals surface area contributed by atoms with E-state index in [2.05, 4.69) is 46.8 Å². The average Bonchev–Trinajstić information content (AvgIpc) is 3.27. The third-order valence-corrected chi connectivity index (χ3v) is 6.38. The summed E-state index contributed by atoms with van der Waals surface area (Å²) in [5.41, 5.74) is 2.24. The van der Waals surface area contributed by atoms with Crippen molar-refractivity contribution < 1.29 is 9.59 Å². The largest absolute Gasteiger partial charge is 0.317 e. The molecule has 2 amide bonds. The molecule has 0 radical (unpaired) electrons. The number of amides is 2. The number of anilines is 2. The highest BCUT2D eigenvalue weighted by molar-refractivity contribution is 7.19. The maximum absolute atomic E-state index is 12.5. The molecule has 6 nitrogen and oxygen atoms in total. The number of aromatic nitrogens is 2. The fourth-order valence-electron chi connectivity index (χ4n) is 2.66. The molecule has 1 aliphatic rings. The number of carbonyl (C=O) groups is 2. The van der Waals surface area contributed by atoms with Crippen molar-refractivity contribution in [2.24, 2.45) is 5.92 Å². The average molecular weight is 413 g/mol. The summed E-state index contributed by atoms with van der Waals surface area (Å²) < 4.78 is 0. The lowest BCUT2D eigenvalue weighted by Crippen LogP contribution is -2.12. The minimum atomic E-state index is -0.255. The van der Waals surface area contributed by atoms with Crippen LogP contribution in [0.5, 0.6) is 0 Å². The minimum Gasteiger partial charge on any atom is -0.317 e. The molecule has 0 saturated heterocycles. The molecule has 3 aromatic rings. The van der Waals surface area contributed by atoms with Crippen LogP contribution in [0.2, 0.25) is 0 Å². The summed E-state index contributed by atoms with van der Waals surface area (Å²) in [4.78, 5) is 24.8. The lowest BCUT2D eigenvalue weighted by molar-refractivity contribution is -0.117. The molecule has 0 atom stereocenters. The van der Waals surface area contributed by atoms with Crippen LogP contribution in [0, 0.1) is 5.92 Å². The maximum atomic E-state index is 12.5. The Balaban J connectivity index is 1.40. The van der Waals surface area contributed by atoms with E-state index in [0.29, 0.717) is 20.9 Å². The first-order valence-corrected chi connectivity index (χ1v) is 10.8. The molecule has 0 spiro atoms. The summed E-state index contributed by atoms with van der Waals surface area (Å²) in [6.07, 6.45) is 1.90. The molecule has 28 heavy (non-hydrogen) atoms. The Morgan fingerprint density at radius 1 is 1.00 bits per heavy atom. The Kier molecular flexibility index (Phi) is 5.23. The topological polar surface area (TPSA) is 84.0 Å². The number of benzene rings is 1. The van der Waals surface area contributed by atoms with E-state index in [0.717, 1.165) is 23.4 Å². The van der Waals surface area contributed by atoms with Crippen LogP contribution in [0.25, 0.3) is 10.6 Å². The molecule has 4 rings (SSSR count). The third-order valence-electron chi connectivity index (χ3n) is 4.49. The van der Waals surface area contributed by atoms with Gasteiger partial charge in [0, 0.05) is 11.5 Å². The van der Waals surface area contributed by atoms with Gasteiger partial charge in [-0.05, 0) is 36.5 Å². The van der Waals surface area contributed by atoms with Gasteiger partial charge in [-0.15, -0.1) is 21.5 Å². The summed E-state index contributed by atoms with van der Waals surface area (Å²) in [6, 6.07) is 11.7. The first-order valence-electron chi connectivity index (χ1n) is 9.15. The Morgan fingerprint density at radius 3 is 2.43 bits per heavy atom. The highest BCUT2D eigenvalue weighted by Crippen LogP contribution is 2.32. The predicted octanol–water partition coefficient (Wildman–Crippen LogP) is 4.99. The monoisotopic (exact) mass is 412 g/mol. The Bertz CT molecular complexity index is 1000. The van der Waals surface area contributed by atoms with Crippen LogP contribution in [0.15, 0.2) is 36.4 Å². The minimum absolute atomic E-state index is 0.0334. The Labute approximate surface area is 171 Å². The fourth-order valence-corrected chi connectivity index (χ4v) is 4.20. The van der Waals surface area contributed by atoms with E-state index >= 15 is 0 Å². The van der Waals surface area contributed by atoms with E-state index in [1.807, 2.05) is 12.1 Å². The summed E-state index contributed by atoms with van der Waals surface area (Å²) in [6.45, 7) is 4.31. The van der Waals surface area contributed by atoms with Gasteiger partial charge in [0.15, 0.2) is 0 Å². The smallest absolute Gasteiger partial charge is 0.267 e. The summed E-state index contributed by atoms with van der Waals surface area (Å²) in [7, 11) is 0. The molecule has 8 heteroatoms. The number of hydrogen-bond donors (Lipinski definition) is 2. The zero-order valence-electron chi connectivity index (χ0n) is 15.6. The van der Waals surface area contributed by atoms with Crippen molar-refractivity contribution >= 4 is 44.6 Å². The van der Waals surface area contributed by atoms with Crippen molar-refractivity contribution in [1.82, 2.24) is 10.2 Å². The second-order valence-corrected chi connectivity index (χ2v) is 9.13. The number of nitrogens with zero attached hydrogens (tertiary/aromatic N) is 2. The van der Waals surface area contributed by atoms with Crippen LogP contribution < -0.4 is 10.6 Å². The molecule has 0 bridgehead atoms. The highest BCUT2D eigenvalue weighted by Gasteiger charge is 2.29. The summed E-state index contributed by atoms with van der Waals surface area (Å²) in [5.74, 6) is 0.387. The first-order chi connectivity index (χ1) is 13.5. The van der Waals surface area contributed by atoms with Gasteiger partial charge >= 0.3 is 0 Å². The molecule has 1 fully saturated rings. The van der Waals surface area contributed by atoms with Crippen molar-refractivity contribution in [3.8, 4) is 10.6 Å². The van der Waals surface area contributed by atoms with Gasteiger partial charge in [-0.25, -0.2) is 0 Å². The van der Waals surface area contributed by atoms with E-state index in [4.69, 9.17) is 0 Å². The standard InChI is InChI=1S/C20H20N4O2S2/c1-11(2)12-3-7-14(8-4-12)19-23-24-20(28-19)22-18(26)15-9-10-16(27-15)21-17(25)13-5-6-13/h3-4,7-11,13H,5-6H2,1-2H3,(H,21,25)(H,22,24,26). The van der Waals surface area contributed by atoms with Crippen molar-refractivity contribution in [2.45, 2.75) is 32.6 Å². The van der Waals surface area contributed by atoms with Crippen molar-refractivity contribution in [1.29, 1.82) is 0 Å². The third kappa shape index (κ3) is 4.28. The van der Waals surface area contributed by atoms with Gasteiger partial charge < -0.3 is 5.32 Å². The van der Waals surface area contributed by atoms with E-state index in [-0.39, 0.29) is 17.7 Å². The number of rotatable bonds is 6. The SMILES string of the molecule is CC(C)c1ccc(-c2nnc(NC(=O)c3ccc(NC(=O)C4CC4)s3)s2)cc1. The Morgan fingerprint density at radius 2 is 1.75 bits per heavy atom. The number of carbonyl (C=O) groups excluding carboxylic acids is 2. The molecule has 2 aromatic heterocycles. The van der Waals surface area contributed by atoms with Crippen LogP contribution in [0.3, 0.4) is 0 Å². The molecule has 1 aromatic carbocycles. The normalized spacial score (nSPS) is 13.5. The molecule has 1 saturated carbocycles. The highest BCUT2D eigenvalue weighted by atomic mass is 32.1. The number of hydrogen-bond acceptors (Lipinski definition) is 6. The predicted molar refractivity (Wildman–Crippen MR) is 113 cm³/mol. The molecule has 2 heterocycles. The van der Waals surface area contributed by atoms with Gasteiger partial charge in [0.05, 0.1) is 9.88 Å². The fraction of sp³-hybridized carbons (Fsp3) is 0.300. The number of nitrogens with one attached hydrogen (secondary N) is 2. The number of thiophene rings is 1. The van der Waals surface area contributed by atoms with Gasteiger partial charge in [-0.2, -0.15) is 0 Å². The second kappa shape index (κ2) is 7.81. The lowest BCUT2D eigenvalue weighted by atomic mass is 10.0. The lowest BCUT2D eigenvalue weighted by Gasteiger charge is -2.04. The van der Waals surface area contributed by atoms with Crippen molar-refractivity contribution in [3.63, 3.8) is 0 Å². The van der Waals surface area contributed by atoms with Gasteiger partial charge in [0.25, 0.3) is 5.91 Å². The van der Waals surface area contributed by atoms with Crippen LogP contribution in [0.4, 0.5) is 10.1 Å². The molecule has 0 unspecified atom stereocenters. The summed E-state index contributed by atoms with van der Waals surface area (Å²) in [5, 5.41) is 15.8. The quantitative estimate of drug-likeness (QED) is 0.597. The van der Waals surface area contributed by atoms with Crippen LogP contribution in [-0.4, -0.2) is 22.0 Å². The van der Waals surface area contributed by atoms with Crippen LogP contribution in [-0.2, 0) is 4.79 Å². The molecule has 1 aliphatic carbocycles. The van der Waals surface area contributed by atoms with Gasteiger partial charge in [-0.3, -0.25) is 14.9 Å². The molecular weight excluding hydrogens is 392 g/mol. The van der Waals surface area contributed by atoms with E-state index in [1.165, 1.54) is 28.2 Å². The van der Waals surface area contributed by atoms with Gasteiger partial charge in [-0.1, -0.05) is 49.4 Å². The van der Waals surface area contributed by atoms with Crippen LogP contribution >= 0.6 is 22.7 Å². The molecule has 0 aliphatic heterocycles. The molecule has 144 valence electrons. The zero-order chi connectivity index (χ0) is 19.7. The van der Waals surface area contributed by atoms with E-state index in [1.54, 1.807) is 12.1 Å². The van der Waals surface area contributed by atoms with Crippen LogP contribution in [0.1, 0.15) is 47.8 Å². The Hall–Kier alpha value is -2.58. The van der Waals surface area contributed by atoms with E-state index in [9.17, 15) is 9.59 Å². The first kappa shape index (κ1) is 18.8. The summed E-state index contributed by atoms with van der Waals surface area (Å²) >= 11 is 2.59. The maximum Gasteiger partial charge on any atom is 0.267 e. The van der Waals surface area contributed by atoms with Crippen molar-refractivity contribution in [3.05, 3.63) is 46.8 Å². The van der Waals surface area contributed by atoms with Crippen molar-refractivity contribution in [2.75, 3.05) is 10.6 Å². The molecule has 2 N–H and O–H groups in total.